The molecule has 1 saturated heterocycles. The molecule has 1 aromatic heterocycles. The zero-order valence-corrected chi connectivity index (χ0v) is 17.9. The Morgan fingerprint density at radius 2 is 2.03 bits per heavy atom. The molecule has 2 N–H and O–H groups in total. The second kappa shape index (κ2) is 10.6. The third kappa shape index (κ3) is 6.47. The molecule has 2 aromatic rings. The largest absolute Gasteiger partial charge is 0.357 e. The van der Waals surface area contributed by atoms with Gasteiger partial charge in [-0.05, 0) is 43.9 Å². The minimum Gasteiger partial charge on any atom is -0.357 e. The van der Waals surface area contributed by atoms with E-state index >= 15 is 0 Å². The van der Waals surface area contributed by atoms with Crippen LogP contribution in [0.2, 0.25) is 0 Å². The van der Waals surface area contributed by atoms with Gasteiger partial charge in [0.15, 0.2) is 17.6 Å². The summed E-state index contributed by atoms with van der Waals surface area (Å²) in [5, 5.41) is 7.86. The lowest BCUT2D eigenvalue weighted by Gasteiger charge is -2.33. The fourth-order valence-electron chi connectivity index (χ4n) is 3.38. The molecule has 1 fully saturated rings. The van der Waals surface area contributed by atoms with Crippen LogP contribution in [0.25, 0.3) is 0 Å². The number of piperidine rings is 1. The molecule has 1 aliphatic heterocycles. The summed E-state index contributed by atoms with van der Waals surface area (Å²) in [5.74, 6) is -0.757. The smallest absolute Gasteiger partial charge is 0.191 e. The Hall–Kier alpha value is -2.06. The van der Waals surface area contributed by atoms with Gasteiger partial charge in [0.1, 0.15) is 5.01 Å². The molecule has 29 heavy (non-hydrogen) atoms. The van der Waals surface area contributed by atoms with Gasteiger partial charge >= 0.3 is 0 Å². The zero-order chi connectivity index (χ0) is 20.6. The summed E-state index contributed by atoms with van der Waals surface area (Å²) in [5.41, 5.74) is 0.806. The van der Waals surface area contributed by atoms with Gasteiger partial charge < -0.3 is 10.6 Å². The van der Waals surface area contributed by atoms with Gasteiger partial charge in [-0.25, -0.2) is 18.8 Å². The topological polar surface area (TPSA) is 52.6 Å². The molecule has 158 valence electrons. The molecule has 0 bridgehead atoms. The van der Waals surface area contributed by atoms with Crippen molar-refractivity contribution in [3.8, 4) is 0 Å². The van der Waals surface area contributed by atoms with E-state index < -0.39 is 11.6 Å². The number of hydrogen-bond donors (Lipinski definition) is 2. The average molecular weight is 422 g/mol. The predicted octanol–water partition coefficient (Wildman–Crippen LogP) is 3.70. The van der Waals surface area contributed by atoms with Crippen LogP contribution in [0.5, 0.6) is 0 Å². The van der Waals surface area contributed by atoms with E-state index in [2.05, 4.69) is 39.4 Å². The van der Waals surface area contributed by atoms with Crippen LogP contribution in [0, 0.1) is 11.6 Å². The van der Waals surface area contributed by atoms with Gasteiger partial charge in [0.2, 0.25) is 0 Å². The van der Waals surface area contributed by atoms with Gasteiger partial charge in [-0.2, -0.15) is 0 Å². The maximum Gasteiger partial charge on any atom is 0.191 e. The van der Waals surface area contributed by atoms with E-state index in [4.69, 9.17) is 0 Å². The van der Waals surface area contributed by atoms with Crippen molar-refractivity contribution < 1.29 is 8.78 Å². The molecular weight excluding hydrogens is 392 g/mol. The molecule has 0 aliphatic carbocycles. The molecule has 3 rings (SSSR count). The molecule has 0 radical (unpaired) electrons. The number of likely N-dealkylation sites (tertiary alicyclic amines) is 1. The summed E-state index contributed by atoms with van der Waals surface area (Å²) in [7, 11) is 0. The number of hydrogen-bond acceptors (Lipinski definition) is 4. The molecule has 5 nitrogen and oxygen atoms in total. The first kappa shape index (κ1) is 21.6. The second-order valence-corrected chi connectivity index (χ2v) is 8.41. The van der Waals surface area contributed by atoms with E-state index in [0.717, 1.165) is 55.4 Å². The van der Waals surface area contributed by atoms with Gasteiger partial charge in [-0.1, -0.05) is 13.0 Å². The summed E-state index contributed by atoms with van der Waals surface area (Å²) in [4.78, 5) is 12.7. The first-order valence-electron chi connectivity index (χ1n) is 10.2. The summed E-state index contributed by atoms with van der Waals surface area (Å²) in [6.07, 6.45) is 4.89. The van der Waals surface area contributed by atoms with Crippen molar-refractivity contribution in [3.63, 3.8) is 0 Å². The van der Waals surface area contributed by atoms with Crippen LogP contribution in [0.3, 0.4) is 0 Å². The van der Waals surface area contributed by atoms with E-state index in [1.165, 1.54) is 17.0 Å². The number of benzene rings is 1. The highest BCUT2D eigenvalue weighted by molar-refractivity contribution is 7.11. The standard InChI is InChI=1S/C21H29F2N5S/c1-3-17-12-25-20(29-17)13-26-21(24-4-2)27-16-7-9-28(10-8-16)14-15-5-6-18(22)19(23)11-15/h5-6,11-12,16H,3-4,7-10,13-14H2,1-2H3,(H2,24,26,27). The maximum absolute atomic E-state index is 13.4. The minimum atomic E-state index is -0.796. The molecule has 2 heterocycles. The van der Waals surface area contributed by atoms with E-state index in [1.54, 1.807) is 17.4 Å². The number of guanidine groups is 1. The van der Waals surface area contributed by atoms with Crippen molar-refractivity contribution in [1.29, 1.82) is 0 Å². The molecule has 0 spiro atoms. The number of aliphatic imine (C=N–C) groups is 1. The number of halogens is 2. The van der Waals surface area contributed by atoms with Crippen LogP contribution in [0.1, 0.15) is 42.1 Å². The van der Waals surface area contributed by atoms with E-state index in [0.29, 0.717) is 19.1 Å². The Morgan fingerprint density at radius 3 is 2.69 bits per heavy atom. The Bertz CT molecular complexity index is 815. The van der Waals surface area contributed by atoms with Gasteiger partial charge in [0, 0.05) is 43.3 Å². The van der Waals surface area contributed by atoms with Crippen LogP contribution < -0.4 is 10.6 Å². The van der Waals surface area contributed by atoms with Crippen LogP contribution in [0.15, 0.2) is 29.4 Å². The monoisotopic (exact) mass is 421 g/mol. The van der Waals surface area contributed by atoms with Crippen LogP contribution >= 0.6 is 11.3 Å². The molecule has 0 unspecified atom stereocenters. The molecule has 0 saturated carbocycles. The Kier molecular flexibility index (Phi) is 7.94. The van der Waals surface area contributed by atoms with E-state index in [-0.39, 0.29) is 0 Å². The predicted molar refractivity (Wildman–Crippen MR) is 114 cm³/mol. The number of nitrogens with one attached hydrogen (secondary N) is 2. The maximum atomic E-state index is 13.4. The molecule has 8 heteroatoms. The van der Waals surface area contributed by atoms with Gasteiger partial charge in [-0.3, -0.25) is 4.90 Å². The number of thiazole rings is 1. The van der Waals surface area contributed by atoms with Gasteiger partial charge in [0.25, 0.3) is 0 Å². The zero-order valence-electron chi connectivity index (χ0n) is 17.0. The normalized spacial score (nSPS) is 16.2. The summed E-state index contributed by atoms with van der Waals surface area (Å²) < 4.78 is 26.5. The first-order valence-corrected chi connectivity index (χ1v) is 11.0. The molecule has 0 amide bonds. The highest BCUT2D eigenvalue weighted by Gasteiger charge is 2.20. The minimum absolute atomic E-state index is 0.344. The molecular formula is C21H29F2N5S. The highest BCUT2D eigenvalue weighted by Crippen LogP contribution is 2.17. The average Bonchev–Trinajstić information content (AvgIpc) is 3.19. The van der Waals surface area contributed by atoms with Crippen molar-refractivity contribution in [1.82, 2.24) is 20.5 Å². The highest BCUT2D eigenvalue weighted by atomic mass is 32.1. The SMILES string of the molecule is CCNC(=NCc1ncc(CC)s1)NC1CCN(Cc2ccc(F)c(F)c2)CC1. The van der Waals surface area contributed by atoms with Crippen molar-refractivity contribution in [2.75, 3.05) is 19.6 Å². The quantitative estimate of drug-likeness (QED) is 0.529. The third-order valence-electron chi connectivity index (χ3n) is 4.99. The van der Waals surface area contributed by atoms with Crippen molar-refractivity contribution >= 4 is 17.3 Å². The summed E-state index contributed by atoms with van der Waals surface area (Å²) in [6, 6.07) is 4.49. The lowest BCUT2D eigenvalue weighted by molar-refractivity contribution is 0.198. The van der Waals surface area contributed by atoms with E-state index in [9.17, 15) is 8.78 Å². The van der Waals surface area contributed by atoms with Crippen molar-refractivity contribution in [2.45, 2.75) is 52.2 Å². The summed E-state index contributed by atoms with van der Waals surface area (Å²) >= 11 is 1.71. The Labute approximate surface area is 175 Å². The molecule has 1 aliphatic rings. The molecule has 0 atom stereocenters. The van der Waals surface area contributed by atoms with Crippen LogP contribution in [0.4, 0.5) is 8.78 Å². The number of aromatic nitrogens is 1. The summed E-state index contributed by atoms with van der Waals surface area (Å²) in [6.45, 7) is 8.02. The van der Waals surface area contributed by atoms with Gasteiger partial charge in [0.05, 0.1) is 6.54 Å². The van der Waals surface area contributed by atoms with E-state index in [1.807, 2.05) is 6.20 Å². The molecule has 1 aromatic carbocycles. The van der Waals surface area contributed by atoms with Crippen LogP contribution in [-0.4, -0.2) is 41.5 Å². The number of nitrogens with zero attached hydrogens (tertiary/aromatic N) is 3. The lowest BCUT2D eigenvalue weighted by Crippen LogP contribution is -2.48. The Morgan fingerprint density at radius 1 is 1.24 bits per heavy atom. The van der Waals surface area contributed by atoms with Crippen LogP contribution in [-0.2, 0) is 19.5 Å². The Balaban J connectivity index is 1.49. The second-order valence-electron chi connectivity index (χ2n) is 7.21. The third-order valence-corrected chi connectivity index (χ3v) is 6.11. The number of aryl methyl sites for hydroxylation is 1. The lowest BCUT2D eigenvalue weighted by atomic mass is 10.0. The first-order chi connectivity index (χ1) is 14.1. The van der Waals surface area contributed by atoms with Gasteiger partial charge in [-0.15, -0.1) is 11.3 Å². The van der Waals surface area contributed by atoms with Crippen molar-refractivity contribution in [3.05, 3.63) is 51.5 Å². The fraction of sp³-hybridized carbons (Fsp3) is 0.524. The fourth-order valence-corrected chi connectivity index (χ4v) is 4.16. The van der Waals surface area contributed by atoms with Crippen molar-refractivity contribution in [2.24, 2.45) is 4.99 Å². The number of rotatable bonds is 7.